The fourth-order valence-electron chi connectivity index (χ4n) is 2.91. The third-order valence-corrected chi connectivity index (χ3v) is 4.50. The first-order chi connectivity index (χ1) is 13.9. The second-order valence-corrected chi connectivity index (χ2v) is 6.51. The average molecular weight is 389 g/mol. The summed E-state index contributed by atoms with van der Waals surface area (Å²) >= 11 is 0. The normalized spacial score (nSPS) is 11.4. The number of amides is 1. The molecule has 0 saturated carbocycles. The summed E-state index contributed by atoms with van der Waals surface area (Å²) in [6.45, 7) is 0. The van der Waals surface area contributed by atoms with E-state index < -0.39 is 23.9 Å². The van der Waals surface area contributed by atoms with Crippen molar-refractivity contribution in [2.24, 2.45) is 0 Å². The molecule has 3 aromatic rings. The number of hydrogen-bond acceptors (Lipinski definition) is 3. The predicted octanol–water partition coefficient (Wildman–Crippen LogP) is 3.48. The molecule has 0 unspecified atom stereocenters. The van der Waals surface area contributed by atoms with Gasteiger partial charge in [0.25, 0.3) is 5.91 Å². The maximum absolute atomic E-state index is 12.5. The average Bonchev–Trinajstić information content (AvgIpc) is 2.74. The van der Waals surface area contributed by atoms with E-state index in [-0.39, 0.29) is 12.0 Å². The Morgan fingerprint density at radius 2 is 1.28 bits per heavy atom. The Bertz CT molecular complexity index is 1010. The van der Waals surface area contributed by atoms with Gasteiger partial charge in [-0.1, -0.05) is 54.6 Å². The van der Waals surface area contributed by atoms with E-state index >= 15 is 0 Å². The molecule has 0 aliphatic rings. The van der Waals surface area contributed by atoms with Crippen molar-refractivity contribution in [2.45, 2.75) is 12.5 Å². The lowest BCUT2D eigenvalue weighted by Gasteiger charge is -2.15. The maximum atomic E-state index is 12.5. The Kier molecular flexibility index (Phi) is 6.04. The van der Waals surface area contributed by atoms with Gasteiger partial charge in [-0.3, -0.25) is 4.79 Å². The summed E-state index contributed by atoms with van der Waals surface area (Å²) in [6, 6.07) is 21.4. The predicted molar refractivity (Wildman–Crippen MR) is 108 cm³/mol. The van der Waals surface area contributed by atoms with E-state index in [0.29, 0.717) is 11.1 Å². The van der Waals surface area contributed by atoms with Crippen LogP contribution in [0.25, 0.3) is 11.1 Å². The van der Waals surface area contributed by atoms with Gasteiger partial charge in [0.1, 0.15) is 6.04 Å². The Balaban J connectivity index is 1.69. The first-order valence-electron chi connectivity index (χ1n) is 8.95. The molecular formula is C23H19NO5. The van der Waals surface area contributed by atoms with Gasteiger partial charge >= 0.3 is 11.9 Å². The van der Waals surface area contributed by atoms with Gasteiger partial charge in [-0.05, 0) is 41.0 Å². The van der Waals surface area contributed by atoms with E-state index in [1.54, 1.807) is 24.3 Å². The van der Waals surface area contributed by atoms with E-state index in [1.165, 1.54) is 12.1 Å². The van der Waals surface area contributed by atoms with Crippen LogP contribution in [0, 0.1) is 0 Å². The van der Waals surface area contributed by atoms with Gasteiger partial charge in [-0.2, -0.15) is 0 Å². The first kappa shape index (κ1) is 19.8. The van der Waals surface area contributed by atoms with Crippen LogP contribution < -0.4 is 5.32 Å². The Hall–Kier alpha value is -3.93. The molecule has 3 rings (SSSR count). The molecule has 0 spiro atoms. The van der Waals surface area contributed by atoms with Crippen molar-refractivity contribution in [2.75, 3.05) is 0 Å². The molecule has 0 heterocycles. The molecule has 0 fully saturated rings. The minimum atomic E-state index is -1.17. The number of carboxylic acid groups (broad SMARTS) is 2. The zero-order valence-corrected chi connectivity index (χ0v) is 15.4. The summed E-state index contributed by atoms with van der Waals surface area (Å²) in [5.74, 6) is -2.71. The molecule has 0 aliphatic carbocycles. The number of rotatable bonds is 7. The Morgan fingerprint density at radius 1 is 0.724 bits per heavy atom. The molecule has 0 radical (unpaired) electrons. The zero-order chi connectivity index (χ0) is 20.8. The fraction of sp³-hybridized carbons (Fsp3) is 0.0870. The number of carboxylic acids is 2. The zero-order valence-electron chi connectivity index (χ0n) is 15.4. The quantitative estimate of drug-likeness (QED) is 0.574. The van der Waals surface area contributed by atoms with Crippen molar-refractivity contribution in [3.8, 4) is 11.1 Å². The highest BCUT2D eigenvalue weighted by molar-refractivity contribution is 5.97. The second kappa shape index (κ2) is 8.84. The SMILES string of the molecule is O=C(O)c1ccc(C[C@H](NC(=O)c2ccc(-c3ccccc3)cc2)C(=O)O)cc1. The summed E-state index contributed by atoms with van der Waals surface area (Å²) in [7, 11) is 0. The van der Waals surface area contributed by atoms with Crippen LogP contribution in [0.15, 0.2) is 78.9 Å². The fourth-order valence-corrected chi connectivity index (χ4v) is 2.91. The van der Waals surface area contributed by atoms with Crippen molar-refractivity contribution in [1.82, 2.24) is 5.32 Å². The number of aliphatic carboxylic acids is 1. The molecule has 3 aromatic carbocycles. The molecular weight excluding hydrogens is 370 g/mol. The maximum Gasteiger partial charge on any atom is 0.335 e. The molecule has 0 bridgehead atoms. The summed E-state index contributed by atoms with van der Waals surface area (Å²) in [4.78, 5) is 35.0. The van der Waals surface area contributed by atoms with Crippen LogP contribution >= 0.6 is 0 Å². The van der Waals surface area contributed by atoms with Crippen molar-refractivity contribution in [1.29, 1.82) is 0 Å². The van der Waals surface area contributed by atoms with E-state index in [1.807, 2.05) is 42.5 Å². The monoisotopic (exact) mass is 389 g/mol. The minimum Gasteiger partial charge on any atom is -0.480 e. The van der Waals surface area contributed by atoms with Gasteiger partial charge in [0, 0.05) is 12.0 Å². The van der Waals surface area contributed by atoms with E-state index in [9.17, 15) is 19.5 Å². The topological polar surface area (TPSA) is 104 Å². The van der Waals surface area contributed by atoms with Crippen molar-refractivity contribution in [3.63, 3.8) is 0 Å². The lowest BCUT2D eigenvalue weighted by atomic mass is 10.0. The molecule has 1 amide bonds. The van der Waals surface area contributed by atoms with Crippen LogP contribution in [0.5, 0.6) is 0 Å². The highest BCUT2D eigenvalue weighted by Crippen LogP contribution is 2.19. The number of hydrogen-bond donors (Lipinski definition) is 3. The van der Waals surface area contributed by atoms with Crippen LogP contribution in [0.1, 0.15) is 26.3 Å². The smallest absolute Gasteiger partial charge is 0.335 e. The van der Waals surface area contributed by atoms with E-state index in [0.717, 1.165) is 11.1 Å². The van der Waals surface area contributed by atoms with Crippen molar-refractivity contribution in [3.05, 3.63) is 95.6 Å². The molecule has 0 aromatic heterocycles. The largest absolute Gasteiger partial charge is 0.480 e. The van der Waals surface area contributed by atoms with Gasteiger partial charge in [-0.15, -0.1) is 0 Å². The minimum absolute atomic E-state index is 0.0447. The Labute approximate surface area is 167 Å². The highest BCUT2D eigenvalue weighted by atomic mass is 16.4. The van der Waals surface area contributed by atoms with Crippen LogP contribution in [-0.4, -0.2) is 34.1 Å². The summed E-state index contributed by atoms with van der Waals surface area (Å²) < 4.78 is 0. The second-order valence-electron chi connectivity index (χ2n) is 6.51. The van der Waals surface area contributed by atoms with Gasteiger partial charge in [0.05, 0.1) is 5.56 Å². The van der Waals surface area contributed by atoms with E-state index in [4.69, 9.17) is 5.11 Å². The van der Waals surface area contributed by atoms with Gasteiger partial charge in [0.2, 0.25) is 0 Å². The molecule has 3 N–H and O–H groups in total. The van der Waals surface area contributed by atoms with Crippen LogP contribution in [0.4, 0.5) is 0 Å². The van der Waals surface area contributed by atoms with E-state index in [2.05, 4.69) is 5.32 Å². The lowest BCUT2D eigenvalue weighted by Crippen LogP contribution is -2.42. The third-order valence-electron chi connectivity index (χ3n) is 4.50. The van der Waals surface area contributed by atoms with Gasteiger partial charge in [0.15, 0.2) is 0 Å². The number of carbonyl (C=O) groups is 3. The number of aromatic carboxylic acids is 1. The molecule has 6 heteroatoms. The molecule has 0 saturated heterocycles. The Morgan fingerprint density at radius 3 is 1.83 bits per heavy atom. The standard InChI is InChI=1S/C23H19NO5/c25-21(18-12-10-17(11-13-18)16-4-2-1-3-5-16)24-20(23(28)29)14-15-6-8-19(9-7-15)22(26)27/h1-13,20H,14H2,(H,24,25)(H,26,27)(H,28,29)/t20-/m0/s1. The molecule has 146 valence electrons. The van der Waals surface area contributed by atoms with Crippen molar-refractivity contribution < 1.29 is 24.6 Å². The number of nitrogens with one attached hydrogen (secondary N) is 1. The van der Waals surface area contributed by atoms with Crippen LogP contribution in [-0.2, 0) is 11.2 Å². The van der Waals surface area contributed by atoms with Crippen LogP contribution in [0.3, 0.4) is 0 Å². The summed E-state index contributed by atoms with van der Waals surface area (Å²) in [5, 5.41) is 20.9. The summed E-state index contributed by atoms with van der Waals surface area (Å²) in [5.41, 5.74) is 3.06. The molecule has 0 aliphatic heterocycles. The molecule has 1 atom stereocenters. The molecule has 6 nitrogen and oxygen atoms in total. The number of carbonyl (C=O) groups excluding carboxylic acids is 1. The number of benzene rings is 3. The first-order valence-corrected chi connectivity index (χ1v) is 8.95. The lowest BCUT2D eigenvalue weighted by molar-refractivity contribution is -0.139. The van der Waals surface area contributed by atoms with Gasteiger partial charge in [-0.25, -0.2) is 9.59 Å². The van der Waals surface area contributed by atoms with Gasteiger partial charge < -0.3 is 15.5 Å². The highest BCUT2D eigenvalue weighted by Gasteiger charge is 2.21. The summed E-state index contributed by atoms with van der Waals surface area (Å²) in [6.07, 6.45) is 0.0447. The van der Waals surface area contributed by atoms with Crippen molar-refractivity contribution >= 4 is 17.8 Å². The molecule has 29 heavy (non-hydrogen) atoms. The third kappa shape index (κ3) is 5.07. The van der Waals surface area contributed by atoms with Crippen LogP contribution in [0.2, 0.25) is 0 Å².